The van der Waals surface area contributed by atoms with Crippen LogP contribution in [0.3, 0.4) is 0 Å². The van der Waals surface area contributed by atoms with E-state index in [-0.39, 0.29) is 0 Å². The van der Waals surface area contributed by atoms with E-state index in [0.717, 1.165) is 64.7 Å². The Kier molecular flexibility index (Phi) is 63.9. The van der Waals surface area contributed by atoms with Gasteiger partial charge in [-0.15, -0.1) is 0 Å². The molecule has 0 spiro atoms. The number of hydrogen-bond donors (Lipinski definition) is 5. The van der Waals surface area contributed by atoms with Crippen LogP contribution in [0.5, 0.6) is 28.7 Å². The number of aryl methyl sites for hydroxylation is 2. The zero-order valence-corrected chi connectivity index (χ0v) is 102. The predicted octanol–water partition coefficient (Wildman–Crippen LogP) is 19.4. The van der Waals surface area contributed by atoms with Crippen LogP contribution in [-0.4, -0.2) is 142 Å². The number of aliphatic imine (C=N–C) groups is 5. The maximum absolute atomic E-state index is 10.7. The Morgan fingerprint density at radius 1 is 0.290 bits per heavy atom. The fourth-order valence-corrected chi connectivity index (χ4v) is 26.2. The maximum atomic E-state index is 10.7. The normalized spacial score (nSPS) is 11.7. The summed E-state index contributed by atoms with van der Waals surface area (Å²) in [6, 6.07) is 66.5. The van der Waals surface area contributed by atoms with E-state index in [1.165, 1.54) is 58.4 Å². The number of aromatic hydroxyl groups is 5. The number of phenolic OH excluding ortho intramolecular Hbond substituents is 5. The quantitative estimate of drug-likeness (QED) is 0.0274. The van der Waals surface area contributed by atoms with Crippen LogP contribution in [0.15, 0.2) is 219 Å². The van der Waals surface area contributed by atoms with Crippen molar-refractivity contribution in [3.63, 3.8) is 0 Å². The number of hydrogen-bond acceptors (Lipinski definition) is 10. The standard InChI is InChI=1S/C18H26NOPSi2.2C18H24NOPSi.2C17H22NOPSi.10ClH.5Ti/c1-19-12-13-8-6-7-9-15(13)21-16-10-14(23(3,4)5)11-17(22-2)18(16)20;1-13-6-9-17(14(10-13)12-19-2)21-18-11-15(22(3,4)5)7-8-16(18)20;1-13-8-6-9-14(12-19-2)18(13)21-15-10-7-11-16(17(15)20)22(3,4)5;1-18-12-13-8-5-6-9-14(13)20-15-10-7-11-16(17(15)19)21(2,3)4;1-18-12-13-7-5-6-8-16(13)20-17-11-14(21(2,3)4)9-10-15(17)19;;;;;;;;;;;;;;;/h6-12,20-21H,22H2,1-5H3;2*6-12,20-21H,1-5H3;2*5-12,19-20H,1-4H3;10*1H;;;;;/q;;;;;;;;;;;;;;;5*+2/p-10. The van der Waals surface area contributed by atoms with E-state index in [1.807, 2.05) is 85.7 Å². The number of rotatable bonds is 21. The van der Waals surface area contributed by atoms with Gasteiger partial charge in [-0.25, -0.2) is 0 Å². The molecule has 10 nitrogen and oxygen atoms in total. The first-order valence-corrected chi connectivity index (χ1v) is 85.0. The Bertz CT molecular complexity index is 4960. The first-order valence-electron chi connectivity index (χ1n) is 38.9. The summed E-state index contributed by atoms with van der Waals surface area (Å²) in [5.41, 5.74) is 8.13. The van der Waals surface area contributed by atoms with Crippen molar-refractivity contribution >= 4 is 301 Å². The number of phenols is 5. The zero-order valence-electron chi connectivity index (χ0n) is 74.8. The van der Waals surface area contributed by atoms with Crippen molar-refractivity contribution in [3.05, 3.63) is 233 Å². The van der Waals surface area contributed by atoms with Gasteiger partial charge in [-0.3, -0.25) is 25.0 Å². The number of halogens is 10. The third kappa shape index (κ3) is 45.7. The van der Waals surface area contributed by atoms with Crippen LogP contribution in [0.4, 0.5) is 0 Å². The van der Waals surface area contributed by atoms with Gasteiger partial charge in [0.05, 0.1) is 49.9 Å². The second-order valence-corrected chi connectivity index (χ2v) is 78.6. The van der Waals surface area contributed by atoms with Crippen LogP contribution in [0.25, 0.3) is 0 Å². The van der Waals surface area contributed by atoms with E-state index >= 15 is 0 Å². The monoisotopic (exact) mass is 2240 g/mol. The molecule has 10 aromatic carbocycles. The van der Waals surface area contributed by atoms with E-state index in [1.54, 1.807) is 35.2 Å². The minimum atomic E-state index is -1.54. The van der Waals surface area contributed by atoms with Crippen molar-refractivity contribution in [3.8, 4) is 28.7 Å². The molecule has 0 aromatic heterocycles. The molecule has 0 fully saturated rings. The Morgan fingerprint density at radius 3 is 0.944 bits per heavy atom. The van der Waals surface area contributed by atoms with Crippen molar-refractivity contribution < 1.29 is 111 Å². The summed E-state index contributed by atoms with van der Waals surface area (Å²) < 4.78 is 0. The van der Waals surface area contributed by atoms with Crippen LogP contribution in [-0.2, 0) is 85.2 Å². The van der Waals surface area contributed by atoms with Gasteiger partial charge in [-0.1, -0.05) is 345 Å². The molecule has 0 aliphatic heterocycles. The van der Waals surface area contributed by atoms with Gasteiger partial charge in [-0.05, 0) is 96.4 Å². The summed E-state index contributed by atoms with van der Waals surface area (Å²) in [7, 11) is 52.4. The molecular weight excluding hydrogens is 2120 g/mol. The molecule has 0 saturated carbocycles. The topological polar surface area (TPSA) is 163 Å². The van der Waals surface area contributed by atoms with Crippen molar-refractivity contribution in [2.45, 2.75) is 119 Å². The number of nitrogens with zero attached hydrogens (tertiary/aromatic N) is 5. The Labute approximate surface area is 841 Å². The molecule has 0 aliphatic rings. The van der Waals surface area contributed by atoms with Gasteiger partial charge < -0.3 is 25.5 Å². The van der Waals surface area contributed by atoms with Crippen LogP contribution in [0.1, 0.15) is 38.9 Å². The average Bonchev–Trinajstić information content (AvgIpc) is 0.811. The molecule has 0 bridgehead atoms. The first-order chi connectivity index (χ1) is 58.4. The molecule has 0 saturated heterocycles. The molecule has 0 aliphatic carbocycles. The molecule has 10 aromatic rings. The van der Waals surface area contributed by atoms with Gasteiger partial charge >= 0.3 is 178 Å². The van der Waals surface area contributed by atoms with Crippen LogP contribution in [0, 0.1) is 13.8 Å². The molecule has 36 heteroatoms. The molecule has 0 heterocycles. The third-order valence-corrected chi connectivity index (χ3v) is 36.5. The molecule has 5 atom stereocenters. The first kappa shape index (κ1) is 121. The van der Waals surface area contributed by atoms with Crippen molar-refractivity contribution in [1.29, 1.82) is 0 Å². The van der Waals surface area contributed by atoms with E-state index < -0.39 is 135 Å². The van der Waals surface area contributed by atoms with Crippen LogP contribution >= 0.6 is 136 Å². The molecule has 124 heavy (non-hydrogen) atoms. The Hall–Kier alpha value is -0.527. The number of benzene rings is 10. The molecular formula is C88H118Cl10N5O5P5Si6Ti5. The SMILES string of the molecule is CN=Cc1cc(C)ccc1Pc1cc([Si](C)(C)C)ccc1O.CN=Cc1cccc(C)c1Pc1cccc([Si](C)(C)C)c1O.CN=Cc1ccccc1Pc1cc([Si](C)(C)C)cc([SiH2]C)c1O.CN=Cc1ccccc1Pc1cc([Si](C)(C)C)ccc1O.CN=Cc1ccccc1Pc1cccc([Si](C)(C)C)c1O.[Cl][Ti][Cl].[Cl][Ti][Cl].[Cl][Ti][Cl].[Cl][Ti][Cl].[Cl][Ti][Cl]. The van der Waals surface area contributed by atoms with Gasteiger partial charge in [0.1, 0.15) is 28.7 Å². The Balaban J connectivity index is 0.000000743. The zero-order chi connectivity index (χ0) is 94.1. The molecule has 10 rings (SSSR count). The fourth-order valence-electron chi connectivity index (χ4n) is 11.6. The van der Waals surface area contributed by atoms with Gasteiger partial charge in [0, 0.05) is 104 Å². The molecule has 0 radical (unpaired) electrons. The van der Waals surface area contributed by atoms with Crippen LogP contribution < -0.4 is 84.2 Å². The van der Waals surface area contributed by atoms with Gasteiger partial charge in [0.2, 0.25) is 0 Å². The van der Waals surface area contributed by atoms with Crippen molar-refractivity contribution in [2.75, 3.05) is 35.2 Å². The summed E-state index contributed by atoms with van der Waals surface area (Å²) in [5.74, 6) is 2.28. The van der Waals surface area contributed by atoms with E-state index in [4.69, 9.17) is 93.0 Å². The minimum absolute atomic E-state index is 0.388. The molecule has 5 N–H and O–H groups in total. The summed E-state index contributed by atoms with van der Waals surface area (Å²) in [4.78, 5) is 20.7. The third-order valence-electron chi connectivity index (χ3n) is 17.9. The number of para-hydroxylation sites is 2. The van der Waals surface area contributed by atoms with Crippen molar-refractivity contribution in [2.24, 2.45) is 25.0 Å². The predicted molar refractivity (Wildman–Crippen MR) is 575 cm³/mol. The van der Waals surface area contributed by atoms with Crippen LogP contribution in [0.2, 0.25) is 105 Å². The average molecular weight is 2240 g/mol. The fraction of sp³-hybridized carbons (Fsp3) is 0.261. The van der Waals surface area contributed by atoms with Gasteiger partial charge in [0.25, 0.3) is 0 Å². The summed E-state index contributed by atoms with van der Waals surface area (Å²) in [6.07, 6.45) is 9.45. The molecule has 5 unspecified atom stereocenters. The summed E-state index contributed by atoms with van der Waals surface area (Å²) in [5, 5.41) is 71.4. The van der Waals surface area contributed by atoms with E-state index in [2.05, 4.69) is 283 Å². The van der Waals surface area contributed by atoms with E-state index in [0.29, 0.717) is 71.7 Å². The molecule has 664 valence electrons. The van der Waals surface area contributed by atoms with Crippen molar-refractivity contribution in [1.82, 2.24) is 0 Å². The summed E-state index contributed by atoms with van der Waals surface area (Å²) >= 11 is -2.78. The van der Waals surface area contributed by atoms with Gasteiger partial charge in [-0.2, -0.15) is 0 Å². The Morgan fingerprint density at radius 2 is 0.589 bits per heavy atom. The second-order valence-electron chi connectivity index (χ2n) is 32.3. The second kappa shape index (κ2) is 65.2. The summed E-state index contributed by atoms with van der Waals surface area (Å²) in [6.45, 7) is 41.1. The van der Waals surface area contributed by atoms with E-state index in [9.17, 15) is 25.5 Å². The van der Waals surface area contributed by atoms with Gasteiger partial charge in [0.15, 0.2) is 0 Å². The molecule has 0 amide bonds.